The van der Waals surface area contributed by atoms with Crippen molar-refractivity contribution >= 4 is 53.4 Å². The number of hydrogen-bond donors (Lipinski definition) is 0. The van der Waals surface area contributed by atoms with E-state index in [1.54, 1.807) is 6.20 Å². The summed E-state index contributed by atoms with van der Waals surface area (Å²) in [5, 5.41) is 4.72. The van der Waals surface area contributed by atoms with Crippen LogP contribution in [0.1, 0.15) is 0 Å². The Morgan fingerprint density at radius 2 is 1.16 bits per heavy atom. The van der Waals surface area contributed by atoms with E-state index in [-0.39, 0.29) is 0 Å². The Kier molecular flexibility index (Phi) is 6.64. The van der Waals surface area contributed by atoms with Crippen LogP contribution in [0.4, 0.5) is 0 Å². The number of hydrogen-bond acceptors (Lipinski definition) is 5. The summed E-state index contributed by atoms with van der Waals surface area (Å²) in [6.45, 7) is 0. The molecule has 0 spiro atoms. The number of para-hydroxylation sites is 1. The van der Waals surface area contributed by atoms with E-state index in [1.807, 2.05) is 53.9 Å². The van der Waals surface area contributed by atoms with Crippen molar-refractivity contribution in [3.8, 4) is 56.2 Å². The maximum atomic E-state index is 6.77. The highest BCUT2D eigenvalue weighted by Gasteiger charge is 2.21. The third-order valence-electron chi connectivity index (χ3n) is 9.43. The number of aromatic nitrogens is 3. The second kappa shape index (κ2) is 11.6. The molecule has 0 radical (unpaired) electrons. The van der Waals surface area contributed by atoms with E-state index < -0.39 is 0 Å². The van der Waals surface area contributed by atoms with Gasteiger partial charge in [-0.05, 0) is 58.7 Å². The fourth-order valence-corrected chi connectivity index (χ4v) is 8.20. The third kappa shape index (κ3) is 4.71. The van der Waals surface area contributed by atoms with Crippen LogP contribution in [-0.4, -0.2) is 15.0 Å². The normalized spacial score (nSPS) is 11.6. The molecule has 0 amide bonds. The molecule has 10 rings (SSSR count). The second-order valence-electron chi connectivity index (χ2n) is 12.4. The van der Waals surface area contributed by atoms with E-state index in [9.17, 15) is 0 Å². The van der Waals surface area contributed by atoms with Crippen molar-refractivity contribution in [1.82, 2.24) is 15.0 Å². The molecule has 4 heterocycles. The lowest BCUT2D eigenvalue weighted by Crippen LogP contribution is -1.96. The van der Waals surface area contributed by atoms with Crippen LogP contribution in [0.5, 0.6) is 0 Å². The first-order valence-electron chi connectivity index (χ1n) is 16.6. The first kappa shape index (κ1) is 28.6. The van der Waals surface area contributed by atoms with E-state index in [2.05, 4.69) is 120 Å². The standard InChI is InChI=1S/C45H27N3OS/c1-2-10-30(11-3-1)45-47-37(29-21-19-28(20-22-29)31-12-9-25-46-27-31)26-38(48-45)34-24-23-33(43-35-13-4-6-16-39(35)49-44(34)43)32-15-8-18-41-42(32)36-14-5-7-17-40(36)50-41/h1-27H. The monoisotopic (exact) mass is 657 g/mol. The van der Waals surface area contributed by atoms with Crippen LogP contribution in [0.2, 0.25) is 0 Å². The first-order chi connectivity index (χ1) is 24.8. The quantitative estimate of drug-likeness (QED) is 0.185. The molecule has 0 aliphatic rings. The van der Waals surface area contributed by atoms with Gasteiger partial charge in [0.15, 0.2) is 5.82 Å². The highest BCUT2D eigenvalue weighted by molar-refractivity contribution is 7.25. The molecule has 0 atom stereocenters. The summed E-state index contributed by atoms with van der Waals surface area (Å²) in [5.74, 6) is 0.664. The van der Waals surface area contributed by atoms with E-state index in [0.717, 1.165) is 66.7 Å². The van der Waals surface area contributed by atoms with Crippen LogP contribution >= 0.6 is 11.3 Å². The SMILES string of the molecule is c1ccc(-c2nc(-c3ccc(-c4cccnc4)cc3)cc(-c3ccc(-c4cccc5sc6ccccc6c45)c4c3oc3ccccc34)n2)cc1. The third-order valence-corrected chi connectivity index (χ3v) is 10.6. The summed E-state index contributed by atoms with van der Waals surface area (Å²) in [4.78, 5) is 14.6. The molecule has 0 fully saturated rings. The van der Waals surface area contributed by atoms with Gasteiger partial charge in [-0.2, -0.15) is 0 Å². The average Bonchev–Trinajstić information content (AvgIpc) is 3.77. The largest absolute Gasteiger partial charge is 0.455 e. The van der Waals surface area contributed by atoms with Gasteiger partial charge < -0.3 is 4.42 Å². The van der Waals surface area contributed by atoms with Crippen LogP contribution in [0.3, 0.4) is 0 Å². The van der Waals surface area contributed by atoms with Gasteiger partial charge in [0.2, 0.25) is 0 Å². The van der Waals surface area contributed by atoms with Crippen molar-refractivity contribution in [2.75, 3.05) is 0 Å². The Labute approximate surface area is 292 Å². The lowest BCUT2D eigenvalue weighted by atomic mass is 9.93. The number of thiophene rings is 1. The summed E-state index contributed by atoms with van der Waals surface area (Å²) in [6, 6.07) is 52.8. The minimum Gasteiger partial charge on any atom is -0.455 e. The van der Waals surface area contributed by atoms with Gasteiger partial charge >= 0.3 is 0 Å². The van der Waals surface area contributed by atoms with Gasteiger partial charge in [-0.3, -0.25) is 4.98 Å². The van der Waals surface area contributed by atoms with Crippen molar-refractivity contribution in [1.29, 1.82) is 0 Å². The van der Waals surface area contributed by atoms with Gasteiger partial charge in [0.05, 0.1) is 11.4 Å². The molecule has 5 heteroatoms. The Morgan fingerprint density at radius 3 is 2.02 bits per heavy atom. The second-order valence-corrected chi connectivity index (χ2v) is 13.5. The highest BCUT2D eigenvalue weighted by Crippen LogP contribution is 2.46. The zero-order valence-corrected chi connectivity index (χ0v) is 27.6. The summed E-state index contributed by atoms with van der Waals surface area (Å²) < 4.78 is 9.33. The van der Waals surface area contributed by atoms with Crippen LogP contribution < -0.4 is 0 Å². The van der Waals surface area contributed by atoms with E-state index in [1.165, 1.54) is 25.7 Å². The molecule has 50 heavy (non-hydrogen) atoms. The van der Waals surface area contributed by atoms with Crippen molar-refractivity contribution < 1.29 is 4.42 Å². The molecular weight excluding hydrogens is 631 g/mol. The molecule has 0 saturated heterocycles. The molecule has 234 valence electrons. The zero-order valence-electron chi connectivity index (χ0n) is 26.7. The van der Waals surface area contributed by atoms with E-state index in [0.29, 0.717) is 5.82 Å². The Morgan fingerprint density at radius 1 is 0.460 bits per heavy atom. The molecule has 4 aromatic heterocycles. The predicted octanol–water partition coefficient (Wildman–Crippen LogP) is 12.5. The number of rotatable bonds is 5. The van der Waals surface area contributed by atoms with Crippen LogP contribution in [0.15, 0.2) is 168 Å². The van der Waals surface area contributed by atoms with E-state index >= 15 is 0 Å². The molecule has 0 bridgehead atoms. The zero-order chi connectivity index (χ0) is 33.0. The highest BCUT2D eigenvalue weighted by atomic mass is 32.1. The molecule has 0 saturated carbocycles. The molecule has 4 nitrogen and oxygen atoms in total. The maximum Gasteiger partial charge on any atom is 0.160 e. The van der Waals surface area contributed by atoms with Gasteiger partial charge in [0.1, 0.15) is 11.2 Å². The Hall–Kier alpha value is -6.43. The Bertz CT molecular complexity index is 2860. The summed E-state index contributed by atoms with van der Waals surface area (Å²) >= 11 is 1.84. The van der Waals surface area contributed by atoms with Crippen LogP contribution in [0, 0.1) is 0 Å². The molecular formula is C45H27N3OS. The van der Waals surface area contributed by atoms with Gasteiger partial charge in [0.25, 0.3) is 0 Å². The van der Waals surface area contributed by atoms with Gasteiger partial charge in [-0.15, -0.1) is 11.3 Å². The molecule has 0 aliphatic carbocycles. The number of fused-ring (bicyclic) bond motifs is 6. The summed E-state index contributed by atoms with van der Waals surface area (Å²) in [6.07, 6.45) is 3.68. The number of nitrogens with zero attached hydrogens (tertiary/aromatic N) is 3. The first-order valence-corrected chi connectivity index (χ1v) is 17.4. The van der Waals surface area contributed by atoms with Gasteiger partial charge in [-0.1, -0.05) is 115 Å². The van der Waals surface area contributed by atoms with Gasteiger partial charge in [0, 0.05) is 60.0 Å². The number of furan rings is 1. The lowest BCUT2D eigenvalue weighted by Gasteiger charge is -2.12. The minimum atomic E-state index is 0.664. The van der Waals surface area contributed by atoms with E-state index in [4.69, 9.17) is 14.4 Å². The van der Waals surface area contributed by atoms with Crippen molar-refractivity contribution in [3.63, 3.8) is 0 Å². The van der Waals surface area contributed by atoms with Crippen molar-refractivity contribution in [2.45, 2.75) is 0 Å². The summed E-state index contributed by atoms with van der Waals surface area (Å²) in [7, 11) is 0. The van der Waals surface area contributed by atoms with Crippen LogP contribution in [-0.2, 0) is 0 Å². The maximum absolute atomic E-state index is 6.77. The Balaban J connectivity index is 1.21. The van der Waals surface area contributed by atoms with Crippen molar-refractivity contribution in [2.24, 2.45) is 0 Å². The number of pyridine rings is 1. The lowest BCUT2D eigenvalue weighted by molar-refractivity contribution is 0.670. The molecule has 10 aromatic rings. The van der Waals surface area contributed by atoms with Crippen molar-refractivity contribution in [3.05, 3.63) is 164 Å². The van der Waals surface area contributed by atoms with Gasteiger partial charge in [-0.25, -0.2) is 9.97 Å². The summed E-state index contributed by atoms with van der Waals surface area (Å²) in [5.41, 5.74) is 10.7. The van der Waals surface area contributed by atoms with Crippen LogP contribution in [0.25, 0.3) is 98.3 Å². The fraction of sp³-hybridized carbons (Fsp3) is 0. The smallest absolute Gasteiger partial charge is 0.160 e. The minimum absolute atomic E-state index is 0.664. The fourth-order valence-electron chi connectivity index (χ4n) is 7.07. The predicted molar refractivity (Wildman–Crippen MR) is 207 cm³/mol. The number of benzene rings is 6. The molecule has 0 unspecified atom stereocenters. The molecule has 0 N–H and O–H groups in total. The molecule has 6 aromatic carbocycles. The molecule has 0 aliphatic heterocycles. The average molecular weight is 658 g/mol. The topological polar surface area (TPSA) is 51.8 Å².